The van der Waals surface area contributed by atoms with E-state index < -0.39 is 0 Å². The van der Waals surface area contributed by atoms with Gasteiger partial charge < -0.3 is 13.4 Å². The van der Waals surface area contributed by atoms with Gasteiger partial charge in [-0.25, -0.2) is 15.0 Å². The van der Waals surface area contributed by atoms with Crippen LogP contribution in [0.15, 0.2) is 215 Å². The fourth-order valence-corrected chi connectivity index (χ4v) is 9.35. The largest absolute Gasteiger partial charge is 0.456 e. The van der Waals surface area contributed by atoms with Gasteiger partial charge in [-0.15, -0.1) is 0 Å². The van der Waals surface area contributed by atoms with Gasteiger partial charge in [0.1, 0.15) is 22.3 Å². The fraction of sp³-hybridized carbons (Fsp3) is 0. The van der Waals surface area contributed by atoms with Gasteiger partial charge in [-0.1, -0.05) is 146 Å². The van der Waals surface area contributed by atoms with Gasteiger partial charge >= 0.3 is 0 Å². The number of hydrogen-bond donors (Lipinski definition) is 0. The molecule has 63 heavy (non-hydrogen) atoms. The van der Waals surface area contributed by atoms with E-state index in [0.29, 0.717) is 17.5 Å². The Morgan fingerprint density at radius 1 is 0.302 bits per heavy atom. The molecule has 0 unspecified atom stereocenters. The lowest BCUT2D eigenvalue weighted by Crippen LogP contribution is -2.00. The molecule has 4 heterocycles. The van der Waals surface area contributed by atoms with E-state index in [9.17, 15) is 0 Å². The van der Waals surface area contributed by atoms with Crippen molar-refractivity contribution in [2.24, 2.45) is 0 Å². The maximum absolute atomic E-state index is 6.52. The monoisotopic (exact) mass is 806 g/mol. The van der Waals surface area contributed by atoms with Crippen LogP contribution >= 0.6 is 0 Å². The van der Waals surface area contributed by atoms with Gasteiger partial charge in [0.15, 0.2) is 17.5 Å². The molecule has 0 saturated heterocycles. The Morgan fingerprint density at radius 3 is 1.49 bits per heavy atom. The lowest BCUT2D eigenvalue weighted by atomic mass is 9.97. The number of aromatic nitrogens is 4. The summed E-state index contributed by atoms with van der Waals surface area (Å²) in [5.41, 5.74) is 13.9. The minimum atomic E-state index is 0.565. The quantitative estimate of drug-likeness (QED) is 0.167. The first-order chi connectivity index (χ1) is 31.2. The predicted octanol–water partition coefficient (Wildman–Crippen LogP) is 15.1. The van der Waals surface area contributed by atoms with Gasteiger partial charge in [0, 0.05) is 54.7 Å². The van der Waals surface area contributed by atoms with Gasteiger partial charge in [0.2, 0.25) is 0 Å². The first-order valence-corrected chi connectivity index (χ1v) is 21.1. The SMILES string of the molecule is c1ccc(-c2nc(-c3cccc4oc5ccccc5c34)nc(-c3cccc4oc5ccc(-c6ccc(-c7ccc8c(c7)c7ccccc7n8-c7ccccc7)cc6)cc5c34)n2)cc1. The summed E-state index contributed by atoms with van der Waals surface area (Å²) in [6, 6.07) is 71.6. The summed E-state index contributed by atoms with van der Waals surface area (Å²) in [5.74, 6) is 1.73. The van der Waals surface area contributed by atoms with Gasteiger partial charge in [-0.2, -0.15) is 0 Å². The number of benzene rings is 9. The normalized spacial score (nSPS) is 11.8. The molecule has 0 saturated carbocycles. The summed E-state index contributed by atoms with van der Waals surface area (Å²) in [5, 5.41) is 6.41. The van der Waals surface area contributed by atoms with E-state index in [-0.39, 0.29) is 0 Å². The van der Waals surface area contributed by atoms with Crippen molar-refractivity contribution in [3.05, 3.63) is 206 Å². The highest BCUT2D eigenvalue weighted by Gasteiger charge is 2.21. The van der Waals surface area contributed by atoms with Crippen LogP contribution < -0.4 is 0 Å². The van der Waals surface area contributed by atoms with E-state index in [1.54, 1.807) is 0 Å². The molecule has 4 aromatic heterocycles. The van der Waals surface area contributed by atoms with Crippen molar-refractivity contribution in [1.29, 1.82) is 0 Å². The van der Waals surface area contributed by atoms with E-state index in [0.717, 1.165) is 82.9 Å². The van der Waals surface area contributed by atoms with E-state index in [4.69, 9.17) is 23.8 Å². The van der Waals surface area contributed by atoms with Crippen LogP contribution in [0, 0.1) is 0 Å². The number of fused-ring (bicyclic) bond motifs is 9. The molecule has 0 spiro atoms. The highest BCUT2D eigenvalue weighted by atomic mass is 16.3. The van der Waals surface area contributed by atoms with Gasteiger partial charge in [-0.05, 0) is 82.9 Å². The van der Waals surface area contributed by atoms with Crippen LogP contribution in [0.1, 0.15) is 0 Å². The van der Waals surface area contributed by atoms with E-state index in [2.05, 4.69) is 138 Å². The molecule has 13 aromatic rings. The smallest absolute Gasteiger partial charge is 0.164 e. The highest BCUT2D eigenvalue weighted by molar-refractivity contribution is 6.14. The zero-order valence-electron chi connectivity index (χ0n) is 33.7. The van der Waals surface area contributed by atoms with Crippen molar-refractivity contribution in [1.82, 2.24) is 19.5 Å². The molecule has 0 amide bonds. The molecule has 6 nitrogen and oxygen atoms in total. The molecule has 0 aliphatic carbocycles. The Hall–Kier alpha value is -8.61. The van der Waals surface area contributed by atoms with E-state index in [1.165, 1.54) is 27.4 Å². The van der Waals surface area contributed by atoms with Crippen LogP contribution in [0.5, 0.6) is 0 Å². The van der Waals surface area contributed by atoms with Crippen LogP contribution in [0.4, 0.5) is 0 Å². The Bertz CT molecular complexity index is 3900. The summed E-state index contributed by atoms with van der Waals surface area (Å²) < 4.78 is 15.1. The number of furan rings is 2. The summed E-state index contributed by atoms with van der Waals surface area (Å²) in [6.07, 6.45) is 0. The van der Waals surface area contributed by atoms with Crippen LogP contribution in [-0.2, 0) is 0 Å². The molecule has 6 heteroatoms. The second-order valence-corrected chi connectivity index (χ2v) is 15.9. The van der Waals surface area contributed by atoms with Crippen molar-refractivity contribution in [2.45, 2.75) is 0 Å². The molecule has 0 atom stereocenters. The molecule has 13 rings (SSSR count). The van der Waals surface area contributed by atoms with Crippen LogP contribution in [-0.4, -0.2) is 19.5 Å². The van der Waals surface area contributed by atoms with Crippen molar-refractivity contribution in [2.75, 3.05) is 0 Å². The van der Waals surface area contributed by atoms with Crippen LogP contribution in [0.3, 0.4) is 0 Å². The highest BCUT2D eigenvalue weighted by Crippen LogP contribution is 2.41. The predicted molar refractivity (Wildman–Crippen MR) is 256 cm³/mol. The maximum Gasteiger partial charge on any atom is 0.164 e. The second-order valence-electron chi connectivity index (χ2n) is 15.9. The summed E-state index contributed by atoms with van der Waals surface area (Å²) in [6.45, 7) is 0. The van der Waals surface area contributed by atoms with Crippen molar-refractivity contribution >= 4 is 65.7 Å². The second kappa shape index (κ2) is 14.0. The fourth-order valence-electron chi connectivity index (χ4n) is 9.35. The molecule has 0 radical (unpaired) electrons. The van der Waals surface area contributed by atoms with Gasteiger partial charge in [0.05, 0.1) is 11.0 Å². The first-order valence-electron chi connectivity index (χ1n) is 21.1. The third-order valence-electron chi connectivity index (χ3n) is 12.3. The molecule has 0 fully saturated rings. The average Bonchev–Trinajstić information content (AvgIpc) is 4.04. The number of rotatable bonds is 6. The summed E-state index contributed by atoms with van der Waals surface area (Å²) >= 11 is 0. The Morgan fingerprint density at radius 2 is 0.794 bits per heavy atom. The van der Waals surface area contributed by atoms with E-state index in [1.807, 2.05) is 72.8 Å². The molecule has 9 aromatic carbocycles. The number of para-hydroxylation sites is 3. The molecule has 0 aliphatic rings. The third-order valence-corrected chi connectivity index (χ3v) is 12.3. The minimum absolute atomic E-state index is 0.565. The van der Waals surface area contributed by atoms with Crippen LogP contribution in [0.25, 0.3) is 128 Å². The zero-order valence-corrected chi connectivity index (χ0v) is 33.7. The minimum Gasteiger partial charge on any atom is -0.456 e. The molecule has 0 N–H and O–H groups in total. The Labute approximate surface area is 361 Å². The average molecular weight is 807 g/mol. The topological polar surface area (TPSA) is 69.9 Å². The van der Waals surface area contributed by atoms with Gasteiger partial charge in [-0.3, -0.25) is 0 Å². The molecule has 294 valence electrons. The lowest BCUT2D eigenvalue weighted by Gasteiger charge is -2.10. The van der Waals surface area contributed by atoms with Crippen molar-refractivity contribution in [3.63, 3.8) is 0 Å². The Kier molecular flexibility index (Phi) is 7.80. The summed E-state index contributed by atoms with van der Waals surface area (Å²) in [4.78, 5) is 15.5. The van der Waals surface area contributed by atoms with Gasteiger partial charge in [0.25, 0.3) is 0 Å². The van der Waals surface area contributed by atoms with Crippen molar-refractivity contribution in [3.8, 4) is 62.1 Å². The molecular weight excluding hydrogens is 773 g/mol. The standard InChI is InChI=1S/C57H34N4O2/c1-3-13-37(14-4-1)55-58-56(43-19-11-23-51-53(43)42-18-8-10-22-49(42)62-51)60-57(59-55)44-20-12-24-52-54(44)46-34-39(30-32-50(46)63-52)36-27-25-35(26-28-36)38-29-31-48-45(33-38)41-17-7-9-21-47(41)61(48)40-15-5-2-6-16-40/h1-34H. The summed E-state index contributed by atoms with van der Waals surface area (Å²) in [7, 11) is 0. The van der Waals surface area contributed by atoms with E-state index >= 15 is 0 Å². The Balaban J connectivity index is 0.920. The van der Waals surface area contributed by atoms with Crippen molar-refractivity contribution < 1.29 is 8.83 Å². The third kappa shape index (κ3) is 5.69. The first kappa shape index (κ1) is 35.2. The molecular formula is C57H34N4O2. The zero-order chi connectivity index (χ0) is 41.4. The lowest BCUT2D eigenvalue weighted by molar-refractivity contribution is 0.668. The maximum atomic E-state index is 6.52. The molecule has 0 bridgehead atoms. The molecule has 0 aliphatic heterocycles. The number of hydrogen-bond acceptors (Lipinski definition) is 5. The number of nitrogens with zero attached hydrogens (tertiary/aromatic N) is 4. The van der Waals surface area contributed by atoms with Crippen LogP contribution in [0.2, 0.25) is 0 Å².